The maximum absolute atomic E-state index is 12.3. The first kappa shape index (κ1) is 13.0. The van der Waals surface area contributed by atoms with Crippen LogP contribution in [0.1, 0.15) is 24.1 Å². The van der Waals surface area contributed by atoms with Crippen molar-refractivity contribution < 1.29 is 18.3 Å². The minimum atomic E-state index is -4.31. The molecule has 0 bridgehead atoms. The van der Waals surface area contributed by atoms with Crippen LogP contribution >= 0.6 is 0 Å². The largest absolute Gasteiger partial charge is 0.416 e. The number of aliphatic hydroxyl groups excluding tert-OH is 1. The Morgan fingerprint density at radius 1 is 1.25 bits per heavy atom. The molecule has 16 heavy (non-hydrogen) atoms. The average molecular weight is 233 g/mol. The fourth-order valence-corrected chi connectivity index (χ4v) is 1.44. The second-order valence-corrected chi connectivity index (χ2v) is 3.41. The molecule has 1 aromatic rings. The zero-order chi connectivity index (χ0) is 12.2. The number of aliphatic hydroxyl groups is 1. The van der Waals surface area contributed by atoms with Gasteiger partial charge in [-0.05, 0) is 24.2 Å². The molecular formula is C11H14F3NO. The van der Waals surface area contributed by atoms with Gasteiger partial charge in [0.15, 0.2) is 0 Å². The zero-order valence-electron chi connectivity index (χ0n) is 8.88. The molecule has 1 atom stereocenters. The van der Waals surface area contributed by atoms with Crippen LogP contribution in [0.4, 0.5) is 13.2 Å². The van der Waals surface area contributed by atoms with Crippen molar-refractivity contribution in [3.63, 3.8) is 0 Å². The van der Waals surface area contributed by atoms with E-state index in [4.69, 9.17) is 5.11 Å². The second kappa shape index (κ2) is 5.32. The Labute approximate surface area is 92.1 Å². The van der Waals surface area contributed by atoms with Crippen molar-refractivity contribution in [1.29, 1.82) is 0 Å². The van der Waals surface area contributed by atoms with Crippen LogP contribution < -0.4 is 5.32 Å². The maximum atomic E-state index is 12.3. The molecule has 0 aromatic heterocycles. The molecular weight excluding hydrogens is 219 g/mol. The standard InChI is InChI=1S/C11H14F3NO/c1-2-15-10(7-16)8-3-5-9(6-4-8)11(12,13)14/h3-6,10,15-16H,2,7H2,1H3. The number of rotatable bonds is 4. The van der Waals surface area contributed by atoms with E-state index in [0.717, 1.165) is 12.1 Å². The first-order valence-corrected chi connectivity index (χ1v) is 5.00. The van der Waals surface area contributed by atoms with Crippen molar-refractivity contribution in [3.8, 4) is 0 Å². The Balaban J connectivity index is 2.85. The third kappa shape index (κ3) is 3.21. The first-order valence-electron chi connectivity index (χ1n) is 5.00. The summed E-state index contributed by atoms with van der Waals surface area (Å²) in [6.45, 7) is 2.37. The van der Waals surface area contributed by atoms with Crippen LogP contribution in [-0.4, -0.2) is 18.3 Å². The van der Waals surface area contributed by atoms with Crippen molar-refractivity contribution in [1.82, 2.24) is 5.32 Å². The summed E-state index contributed by atoms with van der Waals surface area (Å²) in [5.41, 5.74) is -0.0261. The summed E-state index contributed by atoms with van der Waals surface area (Å²) in [7, 11) is 0. The molecule has 0 fully saturated rings. The predicted octanol–water partition coefficient (Wildman–Crippen LogP) is 2.35. The van der Waals surface area contributed by atoms with Gasteiger partial charge in [-0.3, -0.25) is 0 Å². The van der Waals surface area contributed by atoms with E-state index in [2.05, 4.69) is 5.32 Å². The predicted molar refractivity (Wildman–Crippen MR) is 54.9 cm³/mol. The van der Waals surface area contributed by atoms with Crippen molar-refractivity contribution in [2.75, 3.05) is 13.2 Å². The van der Waals surface area contributed by atoms with Crippen LogP contribution in [0.2, 0.25) is 0 Å². The molecule has 0 aliphatic rings. The van der Waals surface area contributed by atoms with E-state index >= 15 is 0 Å². The monoisotopic (exact) mass is 233 g/mol. The van der Waals surface area contributed by atoms with Gasteiger partial charge in [-0.15, -0.1) is 0 Å². The van der Waals surface area contributed by atoms with Crippen molar-refractivity contribution >= 4 is 0 Å². The molecule has 1 unspecified atom stereocenters. The molecule has 0 amide bonds. The number of halogens is 3. The Bertz CT molecular complexity index is 321. The lowest BCUT2D eigenvalue weighted by Gasteiger charge is -2.16. The molecule has 2 nitrogen and oxygen atoms in total. The minimum Gasteiger partial charge on any atom is -0.394 e. The number of nitrogens with one attached hydrogen (secondary N) is 1. The third-order valence-corrected chi connectivity index (χ3v) is 2.27. The fraction of sp³-hybridized carbons (Fsp3) is 0.455. The lowest BCUT2D eigenvalue weighted by Crippen LogP contribution is -2.24. The van der Waals surface area contributed by atoms with Gasteiger partial charge in [0.1, 0.15) is 0 Å². The highest BCUT2D eigenvalue weighted by atomic mass is 19.4. The van der Waals surface area contributed by atoms with Gasteiger partial charge in [0, 0.05) is 0 Å². The molecule has 0 saturated carbocycles. The summed E-state index contributed by atoms with van der Waals surface area (Å²) in [5.74, 6) is 0. The Morgan fingerprint density at radius 2 is 1.81 bits per heavy atom. The summed E-state index contributed by atoms with van der Waals surface area (Å²) in [6, 6.07) is 4.50. The van der Waals surface area contributed by atoms with Gasteiger partial charge in [-0.25, -0.2) is 0 Å². The Morgan fingerprint density at radius 3 is 2.19 bits per heavy atom. The van der Waals surface area contributed by atoms with Gasteiger partial charge in [0.2, 0.25) is 0 Å². The molecule has 0 radical (unpaired) electrons. The number of benzene rings is 1. The number of alkyl halides is 3. The smallest absolute Gasteiger partial charge is 0.394 e. The van der Waals surface area contributed by atoms with Gasteiger partial charge < -0.3 is 10.4 Å². The van der Waals surface area contributed by atoms with E-state index in [9.17, 15) is 13.2 Å². The molecule has 0 heterocycles. The molecule has 0 aliphatic carbocycles. The summed E-state index contributed by atoms with van der Waals surface area (Å²) < 4.78 is 36.9. The van der Waals surface area contributed by atoms with Crippen LogP contribution in [-0.2, 0) is 6.18 Å². The van der Waals surface area contributed by atoms with Gasteiger partial charge in [0.05, 0.1) is 18.2 Å². The normalized spacial score (nSPS) is 13.8. The lowest BCUT2D eigenvalue weighted by atomic mass is 10.1. The molecule has 1 rings (SSSR count). The van der Waals surface area contributed by atoms with E-state index < -0.39 is 11.7 Å². The highest BCUT2D eigenvalue weighted by molar-refractivity contribution is 5.26. The van der Waals surface area contributed by atoms with E-state index in [0.29, 0.717) is 12.1 Å². The number of hydrogen-bond donors (Lipinski definition) is 2. The quantitative estimate of drug-likeness (QED) is 0.836. The van der Waals surface area contributed by atoms with Crippen molar-refractivity contribution in [3.05, 3.63) is 35.4 Å². The molecule has 2 N–H and O–H groups in total. The number of likely N-dealkylation sites (N-methyl/N-ethyl adjacent to an activating group) is 1. The fourth-order valence-electron chi connectivity index (χ4n) is 1.44. The van der Waals surface area contributed by atoms with E-state index in [1.165, 1.54) is 12.1 Å². The summed E-state index contributed by atoms with van der Waals surface area (Å²) in [4.78, 5) is 0. The third-order valence-electron chi connectivity index (χ3n) is 2.27. The molecule has 90 valence electrons. The van der Waals surface area contributed by atoms with Crippen molar-refractivity contribution in [2.24, 2.45) is 0 Å². The summed E-state index contributed by atoms with van der Waals surface area (Å²) >= 11 is 0. The van der Waals surface area contributed by atoms with E-state index in [-0.39, 0.29) is 12.6 Å². The first-order chi connectivity index (χ1) is 7.49. The van der Waals surface area contributed by atoms with Crippen LogP contribution in [0.25, 0.3) is 0 Å². The lowest BCUT2D eigenvalue weighted by molar-refractivity contribution is -0.137. The second-order valence-electron chi connectivity index (χ2n) is 3.41. The van der Waals surface area contributed by atoms with Crippen LogP contribution in [0.15, 0.2) is 24.3 Å². The average Bonchev–Trinajstić information content (AvgIpc) is 2.25. The highest BCUT2D eigenvalue weighted by Gasteiger charge is 2.30. The molecule has 0 saturated heterocycles. The summed E-state index contributed by atoms with van der Waals surface area (Å²) in [6.07, 6.45) is -4.31. The Kier molecular flexibility index (Phi) is 4.32. The van der Waals surface area contributed by atoms with Crippen LogP contribution in [0.3, 0.4) is 0 Å². The number of hydrogen-bond acceptors (Lipinski definition) is 2. The Hall–Kier alpha value is -1.07. The SMILES string of the molecule is CCNC(CO)c1ccc(C(F)(F)F)cc1. The molecule has 0 spiro atoms. The van der Waals surface area contributed by atoms with E-state index in [1.54, 1.807) is 0 Å². The van der Waals surface area contributed by atoms with Gasteiger partial charge in [-0.1, -0.05) is 19.1 Å². The molecule has 0 aliphatic heterocycles. The highest BCUT2D eigenvalue weighted by Crippen LogP contribution is 2.29. The zero-order valence-corrected chi connectivity index (χ0v) is 8.88. The molecule has 1 aromatic carbocycles. The van der Waals surface area contributed by atoms with Crippen LogP contribution in [0, 0.1) is 0 Å². The van der Waals surface area contributed by atoms with Gasteiger partial charge in [-0.2, -0.15) is 13.2 Å². The van der Waals surface area contributed by atoms with Gasteiger partial charge >= 0.3 is 6.18 Å². The van der Waals surface area contributed by atoms with E-state index in [1.807, 2.05) is 6.92 Å². The minimum absolute atomic E-state index is 0.140. The maximum Gasteiger partial charge on any atom is 0.416 e. The van der Waals surface area contributed by atoms with Crippen molar-refractivity contribution in [2.45, 2.75) is 19.1 Å². The topological polar surface area (TPSA) is 32.3 Å². The molecule has 5 heteroatoms. The van der Waals surface area contributed by atoms with Crippen LogP contribution in [0.5, 0.6) is 0 Å². The summed E-state index contributed by atoms with van der Waals surface area (Å²) in [5, 5.41) is 12.0. The van der Waals surface area contributed by atoms with Gasteiger partial charge in [0.25, 0.3) is 0 Å².